The molecule has 1 aliphatic heterocycles. The highest BCUT2D eigenvalue weighted by Crippen LogP contribution is 2.23. The summed E-state index contributed by atoms with van der Waals surface area (Å²) < 4.78 is 26.0. The molecule has 2 heterocycles. The van der Waals surface area contributed by atoms with Crippen LogP contribution in [-0.2, 0) is 34.3 Å². The van der Waals surface area contributed by atoms with Gasteiger partial charge in [0.05, 0.1) is 24.8 Å². The van der Waals surface area contributed by atoms with Crippen molar-refractivity contribution in [1.29, 1.82) is 0 Å². The molecule has 9 heteroatoms. The molecule has 0 bridgehead atoms. The first-order chi connectivity index (χ1) is 12.2. The molecule has 0 radical (unpaired) electrons. The summed E-state index contributed by atoms with van der Waals surface area (Å²) in [6.45, 7) is 2.54. The highest BCUT2D eigenvalue weighted by molar-refractivity contribution is 7.88. The lowest BCUT2D eigenvalue weighted by Crippen LogP contribution is -2.43. The van der Waals surface area contributed by atoms with E-state index >= 15 is 0 Å². The molecule has 1 aromatic heterocycles. The first-order valence-corrected chi connectivity index (χ1v) is 10.9. The van der Waals surface area contributed by atoms with Crippen LogP contribution in [0.4, 0.5) is 0 Å². The summed E-state index contributed by atoms with van der Waals surface area (Å²) in [5, 5.41) is 3.01. The van der Waals surface area contributed by atoms with Crippen LogP contribution in [0.15, 0.2) is 11.1 Å². The van der Waals surface area contributed by atoms with Crippen LogP contribution in [0.1, 0.15) is 43.9 Å². The number of nitrogens with zero attached hydrogens (tertiary/aromatic N) is 3. The topological polar surface area (TPSA) is 101 Å². The van der Waals surface area contributed by atoms with Gasteiger partial charge in [-0.2, -0.15) is 4.31 Å². The zero-order valence-corrected chi connectivity index (χ0v) is 16.1. The summed E-state index contributed by atoms with van der Waals surface area (Å²) in [7, 11) is -3.31. The van der Waals surface area contributed by atoms with E-state index in [0.29, 0.717) is 23.6 Å². The number of carbonyl (C=O) groups is 1. The Morgan fingerprint density at radius 2 is 2.00 bits per heavy atom. The minimum Gasteiger partial charge on any atom is -0.352 e. The van der Waals surface area contributed by atoms with E-state index in [2.05, 4.69) is 17.2 Å². The highest BCUT2D eigenvalue weighted by Gasteiger charge is 2.27. The van der Waals surface area contributed by atoms with E-state index in [1.54, 1.807) is 0 Å². The van der Waals surface area contributed by atoms with Crippen molar-refractivity contribution < 1.29 is 13.2 Å². The summed E-state index contributed by atoms with van der Waals surface area (Å²) in [5.74, 6) is 0.532. The van der Waals surface area contributed by atoms with Crippen LogP contribution in [0.2, 0.25) is 0 Å². The minimum absolute atomic E-state index is 0.0546. The van der Waals surface area contributed by atoms with Gasteiger partial charge in [-0.25, -0.2) is 13.4 Å². The van der Waals surface area contributed by atoms with E-state index < -0.39 is 10.0 Å². The third-order valence-electron chi connectivity index (χ3n) is 5.32. The fraction of sp³-hybridized carbons (Fsp3) is 0.706. The number of rotatable bonds is 4. The van der Waals surface area contributed by atoms with Crippen molar-refractivity contribution in [1.82, 2.24) is 19.2 Å². The van der Waals surface area contributed by atoms with Gasteiger partial charge in [0.15, 0.2) is 0 Å². The van der Waals surface area contributed by atoms with E-state index in [0.717, 1.165) is 31.9 Å². The van der Waals surface area contributed by atoms with Crippen molar-refractivity contribution >= 4 is 15.9 Å². The fourth-order valence-electron chi connectivity index (χ4n) is 3.66. The molecule has 0 atom stereocenters. The molecule has 1 fully saturated rings. The third kappa shape index (κ3) is 4.32. The first kappa shape index (κ1) is 19.0. The van der Waals surface area contributed by atoms with Crippen molar-refractivity contribution in [2.45, 2.75) is 58.2 Å². The number of hydrogen-bond donors (Lipinski definition) is 1. The van der Waals surface area contributed by atoms with Gasteiger partial charge in [0.1, 0.15) is 6.54 Å². The van der Waals surface area contributed by atoms with E-state index in [-0.39, 0.29) is 37.1 Å². The average Bonchev–Trinajstić information content (AvgIpc) is 2.58. The molecule has 1 aromatic rings. The molecule has 26 heavy (non-hydrogen) atoms. The Bertz CT molecular complexity index is 841. The van der Waals surface area contributed by atoms with Crippen molar-refractivity contribution in [3.63, 3.8) is 0 Å². The van der Waals surface area contributed by atoms with Gasteiger partial charge < -0.3 is 5.32 Å². The second kappa shape index (κ2) is 7.48. The molecule has 0 aromatic carbocycles. The molecule has 0 unspecified atom stereocenters. The van der Waals surface area contributed by atoms with Gasteiger partial charge in [0.25, 0.3) is 5.56 Å². The van der Waals surface area contributed by atoms with Gasteiger partial charge in [-0.3, -0.25) is 14.2 Å². The molecule has 0 spiro atoms. The third-order valence-corrected chi connectivity index (χ3v) is 6.57. The maximum atomic E-state index is 12.6. The van der Waals surface area contributed by atoms with Crippen molar-refractivity contribution in [2.24, 2.45) is 5.92 Å². The molecule has 3 rings (SSSR count). The highest BCUT2D eigenvalue weighted by atomic mass is 32.2. The Labute approximate surface area is 153 Å². The minimum atomic E-state index is -3.31. The largest absolute Gasteiger partial charge is 0.352 e. The van der Waals surface area contributed by atoms with Gasteiger partial charge >= 0.3 is 0 Å². The molecule has 8 nitrogen and oxygen atoms in total. The van der Waals surface area contributed by atoms with Crippen LogP contribution < -0.4 is 10.9 Å². The van der Waals surface area contributed by atoms with Crippen molar-refractivity contribution in [3.8, 4) is 0 Å². The van der Waals surface area contributed by atoms with Crippen LogP contribution in [0.25, 0.3) is 0 Å². The molecular formula is C17H26N4O4S. The number of nitrogens with one attached hydrogen (secondary N) is 1. The van der Waals surface area contributed by atoms with E-state index in [9.17, 15) is 18.0 Å². The predicted octanol–water partition coefficient (Wildman–Crippen LogP) is 0.256. The zero-order valence-electron chi connectivity index (χ0n) is 15.3. The van der Waals surface area contributed by atoms with Gasteiger partial charge in [0, 0.05) is 18.2 Å². The Morgan fingerprint density at radius 3 is 2.65 bits per heavy atom. The Balaban J connectivity index is 1.67. The summed E-state index contributed by atoms with van der Waals surface area (Å²) in [4.78, 5) is 29.1. The van der Waals surface area contributed by atoms with Gasteiger partial charge in [-0.05, 0) is 38.0 Å². The molecule has 1 N–H and O–H groups in total. The molecular weight excluding hydrogens is 356 g/mol. The molecule has 144 valence electrons. The molecule has 2 aliphatic rings. The van der Waals surface area contributed by atoms with Gasteiger partial charge in [-0.1, -0.05) is 6.92 Å². The Morgan fingerprint density at radius 1 is 1.31 bits per heavy atom. The molecule has 1 saturated carbocycles. The van der Waals surface area contributed by atoms with Crippen molar-refractivity contribution in [2.75, 3.05) is 12.8 Å². The molecule has 1 amide bonds. The number of amides is 1. The van der Waals surface area contributed by atoms with E-state index in [4.69, 9.17) is 0 Å². The number of fused-ring (bicyclic) bond motifs is 1. The summed E-state index contributed by atoms with van der Waals surface area (Å²) >= 11 is 0. The van der Waals surface area contributed by atoms with Crippen LogP contribution in [-0.4, -0.2) is 47.0 Å². The van der Waals surface area contributed by atoms with Crippen LogP contribution in [0.3, 0.4) is 0 Å². The van der Waals surface area contributed by atoms with Gasteiger partial charge in [-0.15, -0.1) is 0 Å². The second-order valence-corrected chi connectivity index (χ2v) is 9.46. The van der Waals surface area contributed by atoms with Crippen molar-refractivity contribution in [3.05, 3.63) is 27.9 Å². The van der Waals surface area contributed by atoms with Crippen LogP contribution >= 0.6 is 0 Å². The molecule has 0 saturated heterocycles. The molecule has 1 aliphatic carbocycles. The Hall–Kier alpha value is -1.74. The first-order valence-electron chi connectivity index (χ1n) is 9.05. The Kier molecular flexibility index (Phi) is 5.47. The average molecular weight is 382 g/mol. The predicted molar refractivity (Wildman–Crippen MR) is 97.0 cm³/mol. The number of sulfonamides is 1. The van der Waals surface area contributed by atoms with E-state index in [1.165, 1.54) is 15.2 Å². The summed E-state index contributed by atoms with van der Waals surface area (Å²) in [6.07, 6.45) is 6.99. The van der Waals surface area contributed by atoms with Crippen LogP contribution in [0.5, 0.6) is 0 Å². The smallest absolute Gasteiger partial charge is 0.257 e. The SMILES string of the molecule is CC1CCC(NC(=O)Cn2cnc3c(c2=O)CCN(S(C)(=O)=O)C3)CC1. The zero-order chi connectivity index (χ0) is 18.9. The lowest BCUT2D eigenvalue weighted by molar-refractivity contribution is -0.122. The lowest BCUT2D eigenvalue weighted by atomic mass is 9.87. The van der Waals surface area contributed by atoms with Gasteiger partial charge in [0.2, 0.25) is 15.9 Å². The number of hydrogen-bond acceptors (Lipinski definition) is 5. The standard InChI is InChI=1S/C17H26N4O4S/c1-12-3-5-13(6-4-12)19-16(22)10-20-11-18-15-9-21(26(2,24)25)8-7-14(15)17(20)23/h11-13H,3-10H2,1-2H3,(H,19,22). The maximum Gasteiger partial charge on any atom is 0.257 e. The van der Waals surface area contributed by atoms with E-state index in [1.807, 2.05) is 0 Å². The number of aromatic nitrogens is 2. The van der Waals surface area contributed by atoms with Crippen LogP contribution in [0, 0.1) is 5.92 Å². The number of carbonyl (C=O) groups excluding carboxylic acids is 1. The summed E-state index contributed by atoms with van der Waals surface area (Å²) in [5.41, 5.74) is 0.729. The monoisotopic (exact) mass is 382 g/mol. The fourth-order valence-corrected chi connectivity index (χ4v) is 4.44. The summed E-state index contributed by atoms with van der Waals surface area (Å²) in [6, 6.07) is 0.184. The lowest BCUT2D eigenvalue weighted by Gasteiger charge is -2.27. The normalized spacial score (nSPS) is 24.1. The maximum absolute atomic E-state index is 12.6. The second-order valence-electron chi connectivity index (χ2n) is 7.47. The quantitative estimate of drug-likeness (QED) is 0.805.